The number of hydrogen-bond acceptors (Lipinski definition) is 2. The Morgan fingerprint density at radius 3 is 2.39 bits per heavy atom. The van der Waals surface area contributed by atoms with Crippen LogP contribution < -0.4 is 5.32 Å². The maximum atomic E-state index is 11.5. The van der Waals surface area contributed by atoms with Crippen molar-refractivity contribution in [2.24, 2.45) is 0 Å². The summed E-state index contributed by atoms with van der Waals surface area (Å²) >= 11 is 0. The average molecular weight is 253 g/mol. The lowest BCUT2D eigenvalue weighted by atomic mass is 10.1. The number of amides is 1. The second-order valence-electron chi connectivity index (χ2n) is 3.68. The summed E-state index contributed by atoms with van der Waals surface area (Å²) in [6.07, 6.45) is 7.02. The standard InChI is InChI=1S/C13H23NO2.C2H4/c1-5-9-10-11(6-2)14-13(15)16-12(7-3)8-4;1-2/h7-8,11H,3,5-6,9-10H2,1-2,4H3,(H,14,15);1-2H2/b12-8+;. The van der Waals surface area contributed by atoms with Crippen molar-refractivity contribution < 1.29 is 9.53 Å². The molecule has 0 saturated heterocycles. The molecular formula is C15H27NO2. The molecule has 0 fully saturated rings. The highest BCUT2D eigenvalue weighted by atomic mass is 16.6. The van der Waals surface area contributed by atoms with E-state index >= 15 is 0 Å². The van der Waals surface area contributed by atoms with Crippen molar-refractivity contribution in [3.63, 3.8) is 0 Å². The molecule has 1 atom stereocenters. The van der Waals surface area contributed by atoms with Gasteiger partial charge >= 0.3 is 6.09 Å². The Balaban J connectivity index is 0. The van der Waals surface area contributed by atoms with Crippen molar-refractivity contribution in [2.75, 3.05) is 0 Å². The van der Waals surface area contributed by atoms with Crippen LogP contribution in [-0.2, 0) is 4.74 Å². The van der Waals surface area contributed by atoms with Crippen molar-refractivity contribution in [3.8, 4) is 0 Å². The third-order valence-corrected chi connectivity index (χ3v) is 2.42. The summed E-state index contributed by atoms with van der Waals surface area (Å²) in [6, 6.07) is 0.204. The number of carbonyl (C=O) groups is 1. The summed E-state index contributed by atoms with van der Waals surface area (Å²) in [4.78, 5) is 11.5. The van der Waals surface area contributed by atoms with E-state index in [4.69, 9.17) is 4.74 Å². The molecule has 0 spiro atoms. The van der Waals surface area contributed by atoms with E-state index in [2.05, 4.69) is 38.9 Å². The molecule has 0 aliphatic carbocycles. The molecule has 3 nitrogen and oxygen atoms in total. The second-order valence-corrected chi connectivity index (χ2v) is 3.68. The van der Waals surface area contributed by atoms with Gasteiger partial charge < -0.3 is 10.1 Å². The smallest absolute Gasteiger partial charge is 0.411 e. The van der Waals surface area contributed by atoms with Crippen LogP contribution in [0.5, 0.6) is 0 Å². The van der Waals surface area contributed by atoms with Crippen LogP contribution in [0, 0.1) is 0 Å². The molecule has 1 amide bonds. The summed E-state index contributed by atoms with van der Waals surface area (Å²) in [5.41, 5.74) is 0. The molecule has 1 N–H and O–H groups in total. The lowest BCUT2D eigenvalue weighted by Gasteiger charge is -2.16. The second kappa shape index (κ2) is 13.6. The van der Waals surface area contributed by atoms with Gasteiger partial charge in [-0.3, -0.25) is 0 Å². The van der Waals surface area contributed by atoms with Gasteiger partial charge in [0, 0.05) is 6.04 Å². The summed E-state index contributed by atoms with van der Waals surface area (Å²) < 4.78 is 5.05. The Hall–Kier alpha value is -1.51. The highest BCUT2D eigenvalue weighted by Gasteiger charge is 2.11. The van der Waals surface area contributed by atoms with Gasteiger partial charge in [-0.05, 0) is 31.9 Å². The Labute approximate surface area is 112 Å². The third kappa shape index (κ3) is 9.70. The molecule has 0 rings (SSSR count). The van der Waals surface area contributed by atoms with Gasteiger partial charge in [0.05, 0.1) is 0 Å². The first kappa shape index (κ1) is 18.8. The summed E-state index contributed by atoms with van der Waals surface area (Å²) in [5.74, 6) is 0.489. The van der Waals surface area contributed by atoms with Crippen molar-refractivity contribution in [3.05, 3.63) is 37.6 Å². The minimum atomic E-state index is -0.393. The van der Waals surface area contributed by atoms with Crippen LogP contribution in [0.15, 0.2) is 37.6 Å². The molecule has 0 aromatic rings. The van der Waals surface area contributed by atoms with Crippen LogP contribution in [-0.4, -0.2) is 12.1 Å². The quantitative estimate of drug-likeness (QED) is 0.410. The number of ether oxygens (including phenoxy) is 1. The van der Waals surface area contributed by atoms with Crippen molar-refractivity contribution in [1.82, 2.24) is 5.32 Å². The molecule has 104 valence electrons. The van der Waals surface area contributed by atoms with E-state index in [1.165, 1.54) is 6.08 Å². The molecule has 0 aliphatic rings. The van der Waals surface area contributed by atoms with Gasteiger partial charge in [0.15, 0.2) is 0 Å². The predicted molar refractivity (Wildman–Crippen MR) is 78.4 cm³/mol. The number of hydrogen-bond donors (Lipinski definition) is 1. The van der Waals surface area contributed by atoms with E-state index in [0.29, 0.717) is 5.76 Å². The maximum absolute atomic E-state index is 11.5. The number of allylic oxidation sites excluding steroid dienone is 2. The minimum absolute atomic E-state index is 0.204. The molecule has 0 heterocycles. The third-order valence-electron chi connectivity index (χ3n) is 2.42. The molecule has 1 unspecified atom stereocenters. The molecule has 18 heavy (non-hydrogen) atoms. The zero-order valence-corrected chi connectivity index (χ0v) is 12.0. The van der Waals surface area contributed by atoms with Crippen LogP contribution >= 0.6 is 0 Å². The lowest BCUT2D eigenvalue weighted by Crippen LogP contribution is -2.34. The van der Waals surface area contributed by atoms with E-state index in [1.807, 2.05) is 0 Å². The van der Waals surface area contributed by atoms with E-state index < -0.39 is 6.09 Å². The van der Waals surface area contributed by atoms with Crippen LogP contribution in [0.3, 0.4) is 0 Å². The molecular weight excluding hydrogens is 226 g/mol. The molecule has 0 aliphatic heterocycles. The van der Waals surface area contributed by atoms with Crippen LogP contribution in [0.4, 0.5) is 4.79 Å². The molecule has 0 radical (unpaired) electrons. The molecule has 0 aromatic carbocycles. The van der Waals surface area contributed by atoms with E-state index in [9.17, 15) is 4.79 Å². The summed E-state index contributed by atoms with van der Waals surface area (Å²) in [7, 11) is 0. The van der Waals surface area contributed by atoms with Crippen LogP contribution in [0.25, 0.3) is 0 Å². The Bertz CT molecular complexity index is 259. The van der Waals surface area contributed by atoms with Gasteiger partial charge in [-0.2, -0.15) is 0 Å². The highest BCUT2D eigenvalue weighted by molar-refractivity contribution is 5.69. The summed E-state index contributed by atoms with van der Waals surface area (Å²) in [6.45, 7) is 15.6. The van der Waals surface area contributed by atoms with E-state index in [0.717, 1.165) is 25.7 Å². The van der Waals surface area contributed by atoms with Crippen molar-refractivity contribution in [2.45, 2.75) is 52.5 Å². The fourth-order valence-corrected chi connectivity index (χ4v) is 1.35. The zero-order valence-electron chi connectivity index (χ0n) is 12.0. The number of nitrogens with one attached hydrogen (secondary N) is 1. The normalized spacial score (nSPS) is 11.8. The number of unbranched alkanes of at least 4 members (excludes halogenated alkanes) is 1. The van der Waals surface area contributed by atoms with Crippen LogP contribution in [0.2, 0.25) is 0 Å². The SMILES string of the molecule is C=C.C=C/C(=C\C)OC(=O)NC(CC)CCCC. The van der Waals surface area contributed by atoms with Gasteiger partial charge in [0.25, 0.3) is 0 Å². The largest absolute Gasteiger partial charge is 0.412 e. The molecule has 3 heteroatoms. The topological polar surface area (TPSA) is 38.3 Å². The van der Waals surface area contributed by atoms with Gasteiger partial charge in [-0.25, -0.2) is 4.79 Å². The van der Waals surface area contributed by atoms with Gasteiger partial charge in [0.1, 0.15) is 5.76 Å². The first-order valence-electron chi connectivity index (χ1n) is 6.44. The molecule has 0 aromatic heterocycles. The van der Waals surface area contributed by atoms with Crippen LogP contribution in [0.1, 0.15) is 46.5 Å². The number of rotatable bonds is 7. The number of carbonyl (C=O) groups excluding carboxylic acids is 1. The molecule has 0 bridgehead atoms. The van der Waals surface area contributed by atoms with Gasteiger partial charge in [0.2, 0.25) is 0 Å². The monoisotopic (exact) mass is 253 g/mol. The maximum Gasteiger partial charge on any atom is 0.412 e. The van der Waals surface area contributed by atoms with Gasteiger partial charge in [-0.1, -0.05) is 33.3 Å². The zero-order chi connectivity index (χ0) is 14.4. The van der Waals surface area contributed by atoms with E-state index in [-0.39, 0.29) is 6.04 Å². The van der Waals surface area contributed by atoms with E-state index in [1.54, 1.807) is 13.0 Å². The Morgan fingerprint density at radius 1 is 1.39 bits per heavy atom. The Morgan fingerprint density at radius 2 is 2.00 bits per heavy atom. The fraction of sp³-hybridized carbons (Fsp3) is 0.533. The first-order chi connectivity index (χ1) is 8.67. The average Bonchev–Trinajstić information content (AvgIpc) is 2.42. The fourth-order valence-electron chi connectivity index (χ4n) is 1.35. The van der Waals surface area contributed by atoms with Gasteiger partial charge in [-0.15, -0.1) is 13.2 Å². The first-order valence-corrected chi connectivity index (χ1v) is 6.44. The highest BCUT2D eigenvalue weighted by Crippen LogP contribution is 2.05. The number of alkyl carbamates (subject to hydrolysis) is 1. The van der Waals surface area contributed by atoms with Crippen molar-refractivity contribution >= 4 is 6.09 Å². The summed E-state index contributed by atoms with van der Waals surface area (Å²) in [5, 5.41) is 2.85. The Kier molecular flexibility index (Phi) is 14.2. The lowest BCUT2D eigenvalue weighted by molar-refractivity contribution is 0.173. The molecule has 0 saturated carbocycles. The predicted octanol–water partition coefficient (Wildman–Crippen LogP) is 4.57. The van der Waals surface area contributed by atoms with Crippen molar-refractivity contribution in [1.29, 1.82) is 0 Å². The minimum Gasteiger partial charge on any atom is -0.411 e.